The molecular formula is C11H12F3NO2. The van der Waals surface area contributed by atoms with E-state index in [4.69, 9.17) is 9.47 Å². The molecule has 3 nitrogen and oxygen atoms in total. The first-order chi connectivity index (χ1) is 7.99. The van der Waals surface area contributed by atoms with Gasteiger partial charge in [0.2, 0.25) is 5.88 Å². The van der Waals surface area contributed by atoms with Crippen LogP contribution in [0.5, 0.6) is 11.6 Å². The fourth-order valence-electron chi connectivity index (χ4n) is 1.52. The van der Waals surface area contributed by atoms with Gasteiger partial charge in [-0.25, -0.2) is 4.98 Å². The maximum absolute atomic E-state index is 12.1. The first-order valence-electron chi connectivity index (χ1n) is 5.23. The van der Waals surface area contributed by atoms with Crippen LogP contribution < -0.4 is 9.47 Å². The van der Waals surface area contributed by atoms with Crippen molar-refractivity contribution in [1.82, 2.24) is 4.98 Å². The fourth-order valence-corrected chi connectivity index (χ4v) is 1.52. The van der Waals surface area contributed by atoms with Gasteiger partial charge < -0.3 is 9.47 Å². The highest BCUT2D eigenvalue weighted by Crippen LogP contribution is 2.44. The fraction of sp³-hybridized carbons (Fsp3) is 0.545. The maximum Gasteiger partial charge on any atom is 0.422 e. The molecule has 1 aromatic heterocycles. The largest absolute Gasteiger partial charge is 0.495 e. The molecule has 1 aliphatic rings. The van der Waals surface area contributed by atoms with E-state index >= 15 is 0 Å². The van der Waals surface area contributed by atoms with Crippen LogP contribution in [0, 0.1) is 0 Å². The van der Waals surface area contributed by atoms with Gasteiger partial charge >= 0.3 is 6.18 Å². The topological polar surface area (TPSA) is 31.4 Å². The van der Waals surface area contributed by atoms with Crippen LogP contribution in [0.15, 0.2) is 12.3 Å². The van der Waals surface area contributed by atoms with Crippen molar-refractivity contribution in [2.75, 3.05) is 13.7 Å². The molecule has 94 valence electrons. The summed E-state index contributed by atoms with van der Waals surface area (Å²) in [4.78, 5) is 3.87. The van der Waals surface area contributed by atoms with Crippen molar-refractivity contribution < 1.29 is 22.6 Å². The van der Waals surface area contributed by atoms with Crippen LogP contribution in [0.3, 0.4) is 0 Å². The quantitative estimate of drug-likeness (QED) is 0.819. The second-order valence-electron chi connectivity index (χ2n) is 3.95. The number of methoxy groups -OCH3 is 1. The van der Waals surface area contributed by atoms with Crippen molar-refractivity contribution >= 4 is 0 Å². The number of pyridine rings is 1. The summed E-state index contributed by atoms with van der Waals surface area (Å²) in [6.45, 7) is -1.31. The molecule has 17 heavy (non-hydrogen) atoms. The Hall–Kier alpha value is -1.46. The molecule has 0 aliphatic heterocycles. The summed E-state index contributed by atoms with van der Waals surface area (Å²) in [5, 5.41) is 0. The summed E-state index contributed by atoms with van der Waals surface area (Å²) < 4.78 is 45.9. The van der Waals surface area contributed by atoms with E-state index < -0.39 is 12.8 Å². The van der Waals surface area contributed by atoms with E-state index in [9.17, 15) is 13.2 Å². The highest BCUT2D eigenvalue weighted by molar-refractivity contribution is 5.38. The molecule has 1 aliphatic carbocycles. The second kappa shape index (κ2) is 4.43. The van der Waals surface area contributed by atoms with Gasteiger partial charge in [-0.3, -0.25) is 0 Å². The number of hydrogen-bond donors (Lipinski definition) is 0. The molecule has 0 N–H and O–H groups in total. The number of aromatic nitrogens is 1. The molecule has 1 fully saturated rings. The van der Waals surface area contributed by atoms with Crippen molar-refractivity contribution in [1.29, 1.82) is 0 Å². The maximum atomic E-state index is 12.1. The molecule has 0 saturated heterocycles. The van der Waals surface area contributed by atoms with Gasteiger partial charge in [0.05, 0.1) is 13.3 Å². The molecule has 1 heterocycles. The third-order valence-corrected chi connectivity index (χ3v) is 2.48. The van der Waals surface area contributed by atoms with Crippen LogP contribution in [0.2, 0.25) is 0 Å². The zero-order valence-electron chi connectivity index (χ0n) is 9.25. The molecule has 6 heteroatoms. The molecule has 0 unspecified atom stereocenters. The van der Waals surface area contributed by atoms with Gasteiger partial charge in [0.25, 0.3) is 0 Å². The first kappa shape index (κ1) is 12.0. The molecule has 0 radical (unpaired) electrons. The zero-order valence-corrected chi connectivity index (χ0v) is 9.25. The summed E-state index contributed by atoms with van der Waals surface area (Å²) in [5.74, 6) is 0.845. The lowest BCUT2D eigenvalue weighted by Crippen LogP contribution is -2.20. The number of halogens is 3. The summed E-state index contributed by atoms with van der Waals surface area (Å²) in [7, 11) is 1.49. The third-order valence-electron chi connectivity index (χ3n) is 2.48. The van der Waals surface area contributed by atoms with E-state index in [0.717, 1.165) is 12.8 Å². The van der Waals surface area contributed by atoms with Gasteiger partial charge in [-0.1, -0.05) is 0 Å². The first-order valence-corrected chi connectivity index (χ1v) is 5.23. The highest BCUT2D eigenvalue weighted by Gasteiger charge is 2.32. The smallest absolute Gasteiger partial charge is 0.422 e. The van der Waals surface area contributed by atoms with Crippen molar-refractivity contribution in [3.8, 4) is 11.6 Å². The standard InChI is InChI=1S/C11H12F3NO2/c1-16-8-4-9(7-2-3-7)10(15-5-8)17-6-11(12,13)14/h4-5,7H,2-3,6H2,1H3. The van der Waals surface area contributed by atoms with E-state index in [1.165, 1.54) is 13.3 Å². The van der Waals surface area contributed by atoms with Gasteiger partial charge in [0.15, 0.2) is 6.61 Å². The van der Waals surface area contributed by atoms with Crippen LogP contribution in [-0.2, 0) is 0 Å². The third kappa shape index (κ3) is 3.25. The Morgan fingerprint density at radius 3 is 2.65 bits per heavy atom. The van der Waals surface area contributed by atoms with E-state index in [0.29, 0.717) is 11.3 Å². The Bertz CT molecular complexity index is 402. The van der Waals surface area contributed by atoms with Gasteiger partial charge in [0.1, 0.15) is 5.75 Å². The van der Waals surface area contributed by atoms with Crippen molar-refractivity contribution in [3.63, 3.8) is 0 Å². The Morgan fingerprint density at radius 1 is 1.41 bits per heavy atom. The van der Waals surface area contributed by atoms with Crippen LogP contribution in [0.4, 0.5) is 13.2 Å². The average molecular weight is 247 g/mol. The van der Waals surface area contributed by atoms with Crippen LogP contribution in [0.25, 0.3) is 0 Å². The van der Waals surface area contributed by atoms with Crippen LogP contribution in [0.1, 0.15) is 24.3 Å². The molecule has 1 saturated carbocycles. The number of hydrogen-bond acceptors (Lipinski definition) is 3. The predicted octanol–water partition coefficient (Wildman–Crippen LogP) is 2.91. The van der Waals surface area contributed by atoms with Crippen molar-refractivity contribution in [2.24, 2.45) is 0 Å². The molecule has 2 rings (SSSR count). The number of ether oxygens (including phenoxy) is 2. The lowest BCUT2D eigenvalue weighted by molar-refractivity contribution is -0.154. The van der Waals surface area contributed by atoms with Crippen LogP contribution >= 0.6 is 0 Å². The van der Waals surface area contributed by atoms with Crippen molar-refractivity contribution in [3.05, 3.63) is 17.8 Å². The average Bonchev–Trinajstić information content (AvgIpc) is 3.09. The Balaban J connectivity index is 2.15. The van der Waals surface area contributed by atoms with Crippen molar-refractivity contribution in [2.45, 2.75) is 24.9 Å². The number of rotatable bonds is 4. The molecule has 0 spiro atoms. The minimum Gasteiger partial charge on any atom is -0.495 e. The minimum atomic E-state index is -4.34. The Labute approximate surface area is 96.6 Å². The number of alkyl halides is 3. The molecule has 0 atom stereocenters. The molecular weight excluding hydrogens is 235 g/mol. The summed E-state index contributed by atoms with van der Waals surface area (Å²) in [6.07, 6.45) is -1.07. The van der Waals surface area contributed by atoms with E-state index in [-0.39, 0.29) is 11.8 Å². The SMILES string of the molecule is COc1cnc(OCC(F)(F)F)c(C2CC2)c1. The van der Waals surface area contributed by atoms with Crippen LogP contribution in [-0.4, -0.2) is 24.9 Å². The summed E-state index contributed by atoms with van der Waals surface area (Å²) >= 11 is 0. The molecule has 0 bridgehead atoms. The molecule has 0 amide bonds. The van der Waals surface area contributed by atoms with Gasteiger partial charge in [-0.2, -0.15) is 13.2 Å². The van der Waals surface area contributed by atoms with E-state index in [1.807, 2.05) is 0 Å². The Kier molecular flexibility index (Phi) is 3.13. The van der Waals surface area contributed by atoms with Gasteiger partial charge in [0, 0.05) is 5.56 Å². The van der Waals surface area contributed by atoms with Gasteiger partial charge in [-0.05, 0) is 24.8 Å². The molecule has 0 aromatic carbocycles. The lowest BCUT2D eigenvalue weighted by Gasteiger charge is -2.12. The zero-order chi connectivity index (χ0) is 12.5. The second-order valence-corrected chi connectivity index (χ2v) is 3.95. The molecule has 1 aromatic rings. The lowest BCUT2D eigenvalue weighted by atomic mass is 10.2. The monoisotopic (exact) mass is 247 g/mol. The highest BCUT2D eigenvalue weighted by atomic mass is 19.4. The number of nitrogens with zero attached hydrogens (tertiary/aromatic N) is 1. The minimum absolute atomic E-state index is 0.0608. The predicted molar refractivity (Wildman–Crippen MR) is 54.3 cm³/mol. The van der Waals surface area contributed by atoms with E-state index in [2.05, 4.69) is 4.98 Å². The van der Waals surface area contributed by atoms with E-state index in [1.54, 1.807) is 6.07 Å². The normalized spacial score (nSPS) is 15.8. The van der Waals surface area contributed by atoms with Gasteiger partial charge in [-0.15, -0.1) is 0 Å². The summed E-state index contributed by atoms with van der Waals surface area (Å²) in [6, 6.07) is 1.69. The Morgan fingerprint density at radius 2 is 2.12 bits per heavy atom. The summed E-state index contributed by atoms with van der Waals surface area (Å²) in [5.41, 5.74) is 0.702.